The second kappa shape index (κ2) is 6.81. The summed E-state index contributed by atoms with van der Waals surface area (Å²) in [5, 5.41) is 12.1. The molecule has 2 unspecified atom stereocenters. The number of nitrogens with zero attached hydrogens (tertiary/aromatic N) is 3. The predicted molar refractivity (Wildman–Crippen MR) is 88.8 cm³/mol. The Bertz CT molecular complexity index is 486. The van der Waals surface area contributed by atoms with Gasteiger partial charge < -0.3 is 10.0 Å². The minimum absolute atomic E-state index is 0.393. The van der Waals surface area contributed by atoms with Gasteiger partial charge in [-0.2, -0.15) is 0 Å². The molecule has 3 rings (SSSR count). The summed E-state index contributed by atoms with van der Waals surface area (Å²) in [7, 11) is 0. The molecule has 2 aliphatic heterocycles. The molecule has 0 aromatic heterocycles. The lowest BCUT2D eigenvalue weighted by molar-refractivity contribution is 0.0904. The average molecular weight is 305 g/mol. The molecule has 0 aliphatic carbocycles. The van der Waals surface area contributed by atoms with E-state index in [1.54, 1.807) is 0 Å². The van der Waals surface area contributed by atoms with E-state index in [1.165, 1.54) is 5.17 Å². The molecule has 5 heteroatoms. The Morgan fingerprint density at radius 1 is 1.24 bits per heavy atom. The smallest absolute Gasteiger partial charge is 0.159 e. The zero-order valence-electron chi connectivity index (χ0n) is 12.5. The SMILES string of the molecule is CC1CN=C(N2CCN(CC(O)c3ccccc3)CC2)S1. The highest BCUT2D eigenvalue weighted by Crippen LogP contribution is 2.24. The number of amidine groups is 1. The average Bonchev–Trinajstić information content (AvgIpc) is 2.95. The zero-order valence-corrected chi connectivity index (χ0v) is 13.3. The molecule has 21 heavy (non-hydrogen) atoms. The molecular weight excluding hydrogens is 282 g/mol. The summed E-state index contributed by atoms with van der Waals surface area (Å²) in [6.45, 7) is 7.92. The number of hydrogen-bond acceptors (Lipinski definition) is 5. The van der Waals surface area contributed by atoms with Crippen LogP contribution in [-0.4, -0.2) is 64.6 Å². The first-order valence-electron chi connectivity index (χ1n) is 7.64. The van der Waals surface area contributed by atoms with Crippen molar-refractivity contribution < 1.29 is 5.11 Å². The van der Waals surface area contributed by atoms with Gasteiger partial charge in [0.15, 0.2) is 5.17 Å². The second-order valence-corrected chi connectivity index (χ2v) is 7.17. The monoisotopic (exact) mass is 305 g/mol. The van der Waals surface area contributed by atoms with E-state index in [0.29, 0.717) is 11.8 Å². The fraction of sp³-hybridized carbons (Fsp3) is 0.562. The fourth-order valence-electron chi connectivity index (χ4n) is 2.78. The molecule has 1 saturated heterocycles. The van der Waals surface area contributed by atoms with Gasteiger partial charge in [0.1, 0.15) is 0 Å². The van der Waals surface area contributed by atoms with E-state index in [4.69, 9.17) is 0 Å². The van der Waals surface area contributed by atoms with Gasteiger partial charge in [0.25, 0.3) is 0 Å². The number of piperazine rings is 1. The second-order valence-electron chi connectivity index (χ2n) is 5.77. The Labute approximate surface area is 130 Å². The summed E-state index contributed by atoms with van der Waals surface area (Å²) in [4.78, 5) is 9.35. The molecule has 2 atom stereocenters. The number of β-amino-alcohol motifs (C(OH)–C–C–N with tert-alkyl or cyclic N) is 1. The predicted octanol–water partition coefficient (Wildman–Crippen LogP) is 1.83. The van der Waals surface area contributed by atoms with Crippen LogP contribution in [0.5, 0.6) is 0 Å². The molecule has 1 N–H and O–H groups in total. The van der Waals surface area contributed by atoms with E-state index >= 15 is 0 Å². The van der Waals surface area contributed by atoms with Crippen molar-refractivity contribution >= 4 is 16.9 Å². The first-order chi connectivity index (χ1) is 10.2. The van der Waals surface area contributed by atoms with Crippen LogP contribution in [0.3, 0.4) is 0 Å². The van der Waals surface area contributed by atoms with Crippen LogP contribution in [-0.2, 0) is 0 Å². The van der Waals surface area contributed by atoms with Gasteiger partial charge in [-0.1, -0.05) is 49.0 Å². The van der Waals surface area contributed by atoms with Crippen molar-refractivity contribution in [3.63, 3.8) is 0 Å². The molecule has 0 amide bonds. The minimum atomic E-state index is -0.393. The Hall–Kier alpha value is -1.04. The maximum Gasteiger partial charge on any atom is 0.159 e. The highest BCUT2D eigenvalue weighted by atomic mass is 32.2. The fourth-order valence-corrected chi connectivity index (χ4v) is 3.77. The summed E-state index contributed by atoms with van der Waals surface area (Å²) >= 11 is 1.89. The number of rotatable bonds is 3. The van der Waals surface area contributed by atoms with Gasteiger partial charge >= 0.3 is 0 Å². The maximum absolute atomic E-state index is 10.3. The lowest BCUT2D eigenvalue weighted by Crippen LogP contribution is -2.48. The summed E-state index contributed by atoms with van der Waals surface area (Å²) in [5.74, 6) is 0. The van der Waals surface area contributed by atoms with Crippen LogP contribution in [0.2, 0.25) is 0 Å². The molecule has 1 aromatic carbocycles. The zero-order chi connectivity index (χ0) is 14.7. The van der Waals surface area contributed by atoms with E-state index in [9.17, 15) is 5.11 Å². The first kappa shape index (κ1) is 14.9. The van der Waals surface area contributed by atoms with E-state index in [-0.39, 0.29) is 0 Å². The van der Waals surface area contributed by atoms with Crippen molar-refractivity contribution in [3.05, 3.63) is 35.9 Å². The Kier molecular flexibility index (Phi) is 4.83. The molecule has 0 spiro atoms. The Morgan fingerprint density at radius 2 is 1.95 bits per heavy atom. The number of aliphatic hydroxyl groups is 1. The summed E-state index contributed by atoms with van der Waals surface area (Å²) < 4.78 is 0. The molecular formula is C16H23N3OS. The molecule has 1 fully saturated rings. The molecule has 0 bridgehead atoms. The molecule has 4 nitrogen and oxygen atoms in total. The largest absolute Gasteiger partial charge is 0.387 e. The first-order valence-corrected chi connectivity index (χ1v) is 8.52. The highest BCUT2D eigenvalue weighted by molar-refractivity contribution is 8.14. The van der Waals surface area contributed by atoms with Gasteiger partial charge in [-0.05, 0) is 5.56 Å². The van der Waals surface area contributed by atoms with Crippen molar-refractivity contribution in [2.75, 3.05) is 39.3 Å². The van der Waals surface area contributed by atoms with Crippen LogP contribution >= 0.6 is 11.8 Å². The van der Waals surface area contributed by atoms with Crippen molar-refractivity contribution in [2.24, 2.45) is 4.99 Å². The van der Waals surface area contributed by atoms with E-state index in [2.05, 4.69) is 21.7 Å². The van der Waals surface area contributed by atoms with Gasteiger partial charge in [0.2, 0.25) is 0 Å². The van der Waals surface area contributed by atoms with Crippen LogP contribution in [0.25, 0.3) is 0 Å². The summed E-state index contributed by atoms with van der Waals surface area (Å²) in [6.07, 6.45) is -0.393. The lowest BCUT2D eigenvalue weighted by atomic mass is 10.1. The van der Waals surface area contributed by atoms with Crippen molar-refractivity contribution in [1.29, 1.82) is 0 Å². The summed E-state index contributed by atoms with van der Waals surface area (Å²) in [6, 6.07) is 9.93. The van der Waals surface area contributed by atoms with E-state index in [1.807, 2.05) is 42.1 Å². The van der Waals surface area contributed by atoms with Crippen LogP contribution in [0.4, 0.5) is 0 Å². The summed E-state index contributed by atoms with van der Waals surface area (Å²) in [5.41, 5.74) is 1.00. The normalized spacial score (nSPS) is 25.0. The van der Waals surface area contributed by atoms with E-state index in [0.717, 1.165) is 38.3 Å². The maximum atomic E-state index is 10.3. The molecule has 2 aliphatic rings. The van der Waals surface area contributed by atoms with Gasteiger partial charge in [-0.3, -0.25) is 9.89 Å². The number of benzene rings is 1. The van der Waals surface area contributed by atoms with Crippen LogP contribution < -0.4 is 0 Å². The quantitative estimate of drug-likeness (QED) is 0.925. The number of aliphatic imine (C=N–C) groups is 1. The lowest BCUT2D eigenvalue weighted by Gasteiger charge is -2.36. The van der Waals surface area contributed by atoms with Gasteiger partial charge in [0.05, 0.1) is 12.6 Å². The van der Waals surface area contributed by atoms with Gasteiger partial charge in [0, 0.05) is 38.0 Å². The van der Waals surface area contributed by atoms with Crippen LogP contribution in [0.15, 0.2) is 35.3 Å². The molecule has 2 heterocycles. The third-order valence-corrected chi connectivity index (χ3v) is 5.20. The van der Waals surface area contributed by atoms with Crippen molar-refractivity contribution in [1.82, 2.24) is 9.80 Å². The number of aliphatic hydroxyl groups excluding tert-OH is 1. The Morgan fingerprint density at radius 3 is 2.57 bits per heavy atom. The number of thioether (sulfide) groups is 1. The minimum Gasteiger partial charge on any atom is -0.387 e. The third kappa shape index (κ3) is 3.78. The van der Waals surface area contributed by atoms with Crippen LogP contribution in [0, 0.1) is 0 Å². The van der Waals surface area contributed by atoms with Gasteiger partial charge in [-0.15, -0.1) is 0 Å². The molecule has 1 aromatic rings. The standard InChI is InChI=1S/C16H23N3OS/c1-13-11-17-16(21-13)19-9-7-18(8-10-19)12-15(20)14-5-3-2-4-6-14/h2-6,13,15,20H,7-12H2,1H3. The number of hydrogen-bond donors (Lipinski definition) is 1. The molecule has 114 valence electrons. The topological polar surface area (TPSA) is 39.1 Å². The van der Waals surface area contributed by atoms with E-state index < -0.39 is 6.10 Å². The Balaban J connectivity index is 1.48. The highest BCUT2D eigenvalue weighted by Gasteiger charge is 2.25. The third-order valence-electron chi connectivity index (χ3n) is 4.05. The van der Waals surface area contributed by atoms with Crippen molar-refractivity contribution in [3.8, 4) is 0 Å². The molecule has 0 saturated carbocycles. The van der Waals surface area contributed by atoms with Crippen LogP contribution in [0.1, 0.15) is 18.6 Å². The molecule has 0 radical (unpaired) electrons. The van der Waals surface area contributed by atoms with Crippen molar-refractivity contribution in [2.45, 2.75) is 18.3 Å². The van der Waals surface area contributed by atoms with Gasteiger partial charge in [-0.25, -0.2) is 0 Å².